The van der Waals surface area contributed by atoms with Crippen molar-refractivity contribution < 1.29 is 18.0 Å². The number of hydrogen-bond donors (Lipinski definition) is 1. The van der Waals surface area contributed by atoms with Crippen molar-refractivity contribution in [3.8, 4) is 0 Å². The summed E-state index contributed by atoms with van der Waals surface area (Å²) >= 11 is 6.63. The van der Waals surface area contributed by atoms with Gasteiger partial charge in [-0.15, -0.1) is 0 Å². The summed E-state index contributed by atoms with van der Waals surface area (Å²) in [5, 5.41) is 0. The Kier molecular flexibility index (Phi) is 5.43. The lowest BCUT2D eigenvalue weighted by Crippen LogP contribution is -2.26. The molecule has 0 aliphatic heterocycles. The van der Waals surface area contributed by atoms with E-state index in [9.17, 15) is 13.2 Å². The Morgan fingerprint density at radius 2 is 2.00 bits per heavy atom. The molecule has 1 aromatic carbocycles. The summed E-state index contributed by atoms with van der Waals surface area (Å²) in [6.45, 7) is 0.399. The Bertz CT molecular complexity index is 384. The minimum absolute atomic E-state index is 0.347. The minimum Gasteiger partial charge on any atom is -0.292 e. The molecular formula is C10H10Br2F3NO. The second-order valence-corrected chi connectivity index (χ2v) is 5.18. The quantitative estimate of drug-likeness (QED) is 0.788. The molecule has 7 heteroatoms. The van der Waals surface area contributed by atoms with Crippen LogP contribution in [0.25, 0.3) is 0 Å². The fourth-order valence-electron chi connectivity index (χ4n) is 1.16. The molecule has 0 bridgehead atoms. The Hall–Kier alpha value is -0.110. The first-order valence-corrected chi connectivity index (χ1v) is 6.27. The summed E-state index contributed by atoms with van der Waals surface area (Å²) in [6, 6.07) is 5.07. The molecule has 1 atom stereocenters. The molecule has 0 spiro atoms. The number of halogens is 5. The Morgan fingerprint density at radius 3 is 2.53 bits per heavy atom. The zero-order chi connectivity index (χ0) is 13.1. The van der Waals surface area contributed by atoms with Gasteiger partial charge in [-0.05, 0) is 24.6 Å². The van der Waals surface area contributed by atoms with Crippen molar-refractivity contribution in [3.63, 3.8) is 0 Å². The van der Waals surface area contributed by atoms with Crippen molar-refractivity contribution in [2.24, 2.45) is 0 Å². The van der Waals surface area contributed by atoms with E-state index < -0.39 is 12.8 Å². The number of hydroxylamine groups is 1. The number of nitrogens with one attached hydrogen (secondary N) is 1. The first-order valence-electron chi connectivity index (χ1n) is 4.68. The van der Waals surface area contributed by atoms with E-state index >= 15 is 0 Å². The van der Waals surface area contributed by atoms with E-state index in [0.29, 0.717) is 0 Å². The van der Waals surface area contributed by atoms with Gasteiger partial charge in [-0.25, -0.2) is 0 Å². The van der Waals surface area contributed by atoms with Crippen molar-refractivity contribution in [2.75, 3.05) is 6.61 Å². The van der Waals surface area contributed by atoms with Crippen molar-refractivity contribution in [1.82, 2.24) is 5.48 Å². The largest absolute Gasteiger partial charge is 0.413 e. The topological polar surface area (TPSA) is 21.3 Å². The van der Waals surface area contributed by atoms with Gasteiger partial charge in [0.2, 0.25) is 0 Å². The zero-order valence-corrected chi connectivity index (χ0v) is 12.0. The third kappa shape index (κ3) is 5.37. The summed E-state index contributed by atoms with van der Waals surface area (Å²) in [5.41, 5.74) is 3.17. The fraction of sp³-hybridized carbons (Fsp3) is 0.400. The molecule has 1 N–H and O–H groups in total. The standard InChI is InChI=1S/C10H10Br2F3NO/c1-6(16-17-5-10(13,14)15)8-3-2-7(11)4-9(8)12/h2-4,6,16H,5H2,1H3. The Labute approximate surface area is 114 Å². The molecule has 0 heterocycles. The summed E-state index contributed by atoms with van der Waals surface area (Å²) in [6.07, 6.45) is -4.33. The van der Waals surface area contributed by atoms with Crippen LogP contribution < -0.4 is 5.48 Å². The van der Waals surface area contributed by atoms with Crippen LogP contribution in [0.1, 0.15) is 18.5 Å². The molecule has 2 nitrogen and oxygen atoms in total. The van der Waals surface area contributed by atoms with E-state index in [4.69, 9.17) is 0 Å². The molecule has 96 valence electrons. The lowest BCUT2D eigenvalue weighted by atomic mass is 10.1. The third-order valence-corrected chi connectivity index (χ3v) is 3.10. The Morgan fingerprint density at radius 1 is 1.35 bits per heavy atom. The molecule has 1 unspecified atom stereocenters. The maximum Gasteiger partial charge on any atom is 0.413 e. The van der Waals surface area contributed by atoms with E-state index in [1.807, 2.05) is 12.1 Å². The summed E-state index contributed by atoms with van der Waals surface area (Å²) in [5.74, 6) is 0. The first-order chi connectivity index (χ1) is 7.79. The van der Waals surface area contributed by atoms with Crippen LogP contribution in [0.2, 0.25) is 0 Å². The molecule has 0 aliphatic carbocycles. The van der Waals surface area contributed by atoms with Crippen LogP contribution in [0.15, 0.2) is 27.1 Å². The van der Waals surface area contributed by atoms with Crippen molar-refractivity contribution in [3.05, 3.63) is 32.7 Å². The second-order valence-electron chi connectivity index (χ2n) is 3.41. The average Bonchev–Trinajstić information content (AvgIpc) is 2.15. The first kappa shape index (κ1) is 14.9. The maximum atomic E-state index is 11.9. The molecule has 0 amide bonds. The highest BCUT2D eigenvalue weighted by Gasteiger charge is 2.28. The minimum atomic E-state index is -4.33. The van der Waals surface area contributed by atoms with Crippen LogP contribution in [0, 0.1) is 0 Å². The molecule has 0 radical (unpaired) electrons. The van der Waals surface area contributed by atoms with Crippen LogP contribution in [-0.4, -0.2) is 12.8 Å². The molecule has 0 aromatic heterocycles. The van der Waals surface area contributed by atoms with Crippen LogP contribution in [0.4, 0.5) is 13.2 Å². The molecule has 0 saturated heterocycles. The van der Waals surface area contributed by atoms with Crippen molar-refractivity contribution in [1.29, 1.82) is 0 Å². The predicted molar refractivity (Wildman–Crippen MR) is 65.4 cm³/mol. The van der Waals surface area contributed by atoms with E-state index in [-0.39, 0.29) is 6.04 Å². The molecule has 1 aromatic rings. The maximum absolute atomic E-state index is 11.9. The van der Waals surface area contributed by atoms with Gasteiger partial charge in [0.1, 0.15) is 0 Å². The van der Waals surface area contributed by atoms with Gasteiger partial charge < -0.3 is 0 Å². The van der Waals surface area contributed by atoms with Gasteiger partial charge in [0.25, 0.3) is 0 Å². The molecule has 0 aliphatic rings. The van der Waals surface area contributed by atoms with E-state index in [0.717, 1.165) is 14.5 Å². The van der Waals surface area contributed by atoms with E-state index in [1.165, 1.54) is 0 Å². The van der Waals surface area contributed by atoms with E-state index in [2.05, 4.69) is 42.2 Å². The zero-order valence-electron chi connectivity index (χ0n) is 8.81. The Balaban J connectivity index is 2.55. The second kappa shape index (κ2) is 6.17. The van der Waals surface area contributed by atoms with Gasteiger partial charge >= 0.3 is 6.18 Å². The number of benzene rings is 1. The van der Waals surface area contributed by atoms with Crippen LogP contribution in [0.5, 0.6) is 0 Å². The van der Waals surface area contributed by atoms with Gasteiger partial charge in [0.15, 0.2) is 6.61 Å². The number of hydrogen-bond acceptors (Lipinski definition) is 2. The molecule has 0 saturated carbocycles. The highest BCUT2D eigenvalue weighted by atomic mass is 79.9. The molecule has 17 heavy (non-hydrogen) atoms. The van der Waals surface area contributed by atoms with E-state index in [1.54, 1.807) is 13.0 Å². The van der Waals surface area contributed by atoms with Crippen molar-refractivity contribution in [2.45, 2.75) is 19.1 Å². The van der Waals surface area contributed by atoms with Gasteiger partial charge in [0, 0.05) is 8.95 Å². The third-order valence-electron chi connectivity index (χ3n) is 1.92. The molecule has 1 rings (SSSR count). The number of alkyl halides is 3. The molecular weight excluding hydrogens is 367 g/mol. The normalized spacial score (nSPS) is 13.8. The van der Waals surface area contributed by atoms with Crippen LogP contribution >= 0.6 is 31.9 Å². The van der Waals surface area contributed by atoms with Crippen LogP contribution in [0.3, 0.4) is 0 Å². The smallest absolute Gasteiger partial charge is 0.292 e. The lowest BCUT2D eigenvalue weighted by Gasteiger charge is -2.16. The monoisotopic (exact) mass is 375 g/mol. The van der Waals surface area contributed by atoms with Gasteiger partial charge in [-0.3, -0.25) is 4.84 Å². The highest BCUT2D eigenvalue weighted by Crippen LogP contribution is 2.26. The SMILES string of the molecule is CC(NOCC(F)(F)F)c1ccc(Br)cc1Br. The average molecular weight is 377 g/mol. The predicted octanol–water partition coefficient (Wildman–Crippen LogP) is 4.36. The number of rotatable bonds is 4. The molecule has 0 fully saturated rings. The van der Waals surface area contributed by atoms with Crippen LogP contribution in [-0.2, 0) is 4.84 Å². The fourth-order valence-corrected chi connectivity index (χ4v) is 2.56. The van der Waals surface area contributed by atoms with Crippen molar-refractivity contribution >= 4 is 31.9 Å². The summed E-state index contributed by atoms with van der Waals surface area (Å²) < 4.78 is 37.3. The van der Waals surface area contributed by atoms with Gasteiger partial charge in [0.05, 0.1) is 6.04 Å². The lowest BCUT2D eigenvalue weighted by molar-refractivity contribution is -0.192. The summed E-state index contributed by atoms with van der Waals surface area (Å²) in [4.78, 5) is 4.39. The highest BCUT2D eigenvalue weighted by molar-refractivity contribution is 9.11. The van der Waals surface area contributed by atoms with Gasteiger partial charge in [-0.1, -0.05) is 37.9 Å². The summed E-state index contributed by atoms with van der Waals surface area (Å²) in [7, 11) is 0. The van der Waals surface area contributed by atoms with Gasteiger partial charge in [-0.2, -0.15) is 18.7 Å².